The molecule has 4 aromatic rings. The summed E-state index contributed by atoms with van der Waals surface area (Å²) in [4.78, 5) is 21.3. The number of fused-ring (bicyclic) bond motifs is 1. The summed E-state index contributed by atoms with van der Waals surface area (Å²) < 4.78 is 34.2. The van der Waals surface area contributed by atoms with Crippen LogP contribution in [0, 0.1) is 5.92 Å². The highest BCUT2D eigenvalue weighted by molar-refractivity contribution is 7.98. The van der Waals surface area contributed by atoms with Crippen LogP contribution in [-0.4, -0.2) is 43.0 Å². The Morgan fingerprint density at radius 1 is 1.17 bits per heavy atom. The zero-order chi connectivity index (χ0) is 25.3. The molecule has 1 saturated heterocycles. The fourth-order valence-corrected chi connectivity index (χ4v) is 7.21. The van der Waals surface area contributed by atoms with Gasteiger partial charge in [-0.2, -0.15) is 4.31 Å². The standard InChI is InChI=1S/C26H27N3O4S3/c1-18-11-13-28(14-12-18)36(31,32)22-8-5-19(6-9-22)25(30)29(17-20-4-3-15-33-20)26-27-23-10-7-21(34-2)16-24(23)35-26/h3-10,15-16,18H,11-14,17H2,1-2H3. The maximum atomic E-state index is 13.7. The lowest BCUT2D eigenvalue weighted by molar-refractivity contribution is 0.0983. The van der Waals surface area contributed by atoms with Crippen LogP contribution in [0.3, 0.4) is 0 Å². The molecule has 3 heterocycles. The Bertz CT molecular complexity index is 1460. The van der Waals surface area contributed by atoms with Crippen LogP contribution in [0.15, 0.2) is 75.1 Å². The molecule has 0 bridgehead atoms. The normalized spacial score (nSPS) is 15.4. The number of piperidine rings is 1. The summed E-state index contributed by atoms with van der Waals surface area (Å²) in [5.41, 5.74) is 1.21. The zero-order valence-electron chi connectivity index (χ0n) is 20.1. The maximum absolute atomic E-state index is 13.7. The van der Waals surface area contributed by atoms with Gasteiger partial charge in [0.05, 0.1) is 27.9 Å². The lowest BCUT2D eigenvalue weighted by Gasteiger charge is -2.29. The molecule has 1 aliphatic rings. The Kier molecular flexibility index (Phi) is 7.21. The van der Waals surface area contributed by atoms with Crippen LogP contribution >= 0.6 is 23.1 Å². The number of nitrogens with zero attached hydrogens (tertiary/aromatic N) is 3. The minimum absolute atomic E-state index is 0.204. The number of hydrogen-bond donors (Lipinski definition) is 0. The number of amides is 1. The molecule has 5 rings (SSSR count). The minimum atomic E-state index is -3.58. The van der Waals surface area contributed by atoms with Crippen LogP contribution < -0.4 is 4.90 Å². The van der Waals surface area contributed by atoms with E-state index in [1.807, 2.05) is 24.5 Å². The van der Waals surface area contributed by atoms with Gasteiger partial charge in [-0.15, -0.1) is 11.8 Å². The number of anilines is 1. The van der Waals surface area contributed by atoms with Crippen molar-refractivity contribution in [2.75, 3.05) is 24.2 Å². The number of carbonyl (C=O) groups is 1. The third-order valence-corrected chi connectivity index (χ3v) is 10.1. The molecule has 0 N–H and O–H groups in total. The van der Waals surface area contributed by atoms with Crippen molar-refractivity contribution in [3.8, 4) is 0 Å². The van der Waals surface area contributed by atoms with Crippen molar-refractivity contribution in [1.82, 2.24) is 9.29 Å². The van der Waals surface area contributed by atoms with E-state index in [1.165, 1.54) is 27.8 Å². The summed E-state index contributed by atoms with van der Waals surface area (Å²) in [5.74, 6) is 0.892. The van der Waals surface area contributed by atoms with Crippen molar-refractivity contribution >= 4 is 54.4 Å². The van der Waals surface area contributed by atoms with E-state index in [4.69, 9.17) is 9.40 Å². The molecule has 188 valence electrons. The fraction of sp³-hybridized carbons (Fsp3) is 0.308. The first kappa shape index (κ1) is 25.0. The zero-order valence-corrected chi connectivity index (χ0v) is 22.5. The first-order valence-electron chi connectivity index (χ1n) is 11.7. The highest BCUT2D eigenvalue weighted by Crippen LogP contribution is 2.33. The van der Waals surface area contributed by atoms with Crippen molar-refractivity contribution in [2.45, 2.75) is 36.1 Å². The predicted octanol–water partition coefficient (Wildman–Crippen LogP) is 5.88. The largest absolute Gasteiger partial charge is 0.467 e. The molecule has 7 nitrogen and oxygen atoms in total. The average Bonchev–Trinajstić information content (AvgIpc) is 3.56. The highest BCUT2D eigenvalue weighted by atomic mass is 32.2. The summed E-state index contributed by atoms with van der Waals surface area (Å²) in [6.07, 6.45) is 5.31. The third-order valence-electron chi connectivity index (χ3n) is 6.44. The first-order valence-corrected chi connectivity index (χ1v) is 15.2. The van der Waals surface area contributed by atoms with E-state index < -0.39 is 10.0 Å². The molecular weight excluding hydrogens is 515 g/mol. The number of hydrogen-bond acceptors (Lipinski definition) is 7. The van der Waals surface area contributed by atoms with Crippen molar-refractivity contribution in [2.24, 2.45) is 5.92 Å². The summed E-state index contributed by atoms with van der Waals surface area (Å²) in [7, 11) is -3.58. The smallest absolute Gasteiger partial charge is 0.260 e. The molecule has 0 spiro atoms. The van der Waals surface area contributed by atoms with E-state index in [0.717, 1.165) is 28.0 Å². The molecule has 0 unspecified atom stereocenters. The molecule has 1 aliphatic heterocycles. The van der Waals surface area contributed by atoms with Gasteiger partial charge in [-0.05, 0) is 79.6 Å². The molecule has 0 radical (unpaired) electrons. The quantitative estimate of drug-likeness (QED) is 0.272. The molecule has 2 aromatic carbocycles. The second kappa shape index (κ2) is 10.4. The number of sulfonamides is 1. The topological polar surface area (TPSA) is 83.7 Å². The van der Waals surface area contributed by atoms with E-state index >= 15 is 0 Å². The van der Waals surface area contributed by atoms with Gasteiger partial charge in [0.25, 0.3) is 5.91 Å². The SMILES string of the molecule is CSc1ccc2nc(N(Cc3ccco3)C(=O)c3ccc(S(=O)(=O)N4CCC(C)CC4)cc3)sc2c1. The van der Waals surface area contributed by atoms with E-state index in [-0.39, 0.29) is 17.3 Å². The average molecular weight is 542 g/mol. The molecule has 1 fully saturated rings. The monoisotopic (exact) mass is 541 g/mol. The van der Waals surface area contributed by atoms with Crippen molar-refractivity contribution in [3.05, 3.63) is 72.2 Å². The fourth-order valence-electron chi connectivity index (χ4n) is 4.22. The minimum Gasteiger partial charge on any atom is -0.467 e. The number of carbonyl (C=O) groups excluding carboxylic acids is 1. The van der Waals surface area contributed by atoms with Crippen LogP contribution in [0.25, 0.3) is 10.2 Å². The van der Waals surface area contributed by atoms with E-state index in [1.54, 1.807) is 41.1 Å². The van der Waals surface area contributed by atoms with Gasteiger partial charge in [-0.25, -0.2) is 13.4 Å². The number of thioether (sulfide) groups is 1. The molecule has 36 heavy (non-hydrogen) atoms. The lowest BCUT2D eigenvalue weighted by atomic mass is 10.0. The Morgan fingerprint density at radius 2 is 1.92 bits per heavy atom. The molecule has 1 amide bonds. The van der Waals surface area contributed by atoms with Gasteiger partial charge < -0.3 is 4.42 Å². The molecular formula is C26H27N3O4S3. The van der Waals surface area contributed by atoms with Gasteiger partial charge in [-0.1, -0.05) is 18.3 Å². The molecule has 0 atom stereocenters. The van der Waals surface area contributed by atoms with Gasteiger partial charge in [-0.3, -0.25) is 9.69 Å². The Labute approximate surface area is 219 Å². The van der Waals surface area contributed by atoms with Crippen molar-refractivity contribution < 1.29 is 17.6 Å². The van der Waals surface area contributed by atoms with Crippen LogP contribution in [0.1, 0.15) is 35.9 Å². The van der Waals surface area contributed by atoms with Crippen LogP contribution in [0.5, 0.6) is 0 Å². The Balaban J connectivity index is 1.44. The number of thiazole rings is 1. The van der Waals surface area contributed by atoms with Crippen LogP contribution in [0.2, 0.25) is 0 Å². The molecule has 0 aliphatic carbocycles. The number of aromatic nitrogens is 1. The molecule has 2 aromatic heterocycles. The van der Waals surface area contributed by atoms with Crippen molar-refractivity contribution in [3.63, 3.8) is 0 Å². The van der Waals surface area contributed by atoms with Crippen molar-refractivity contribution in [1.29, 1.82) is 0 Å². The highest BCUT2D eigenvalue weighted by Gasteiger charge is 2.29. The summed E-state index contributed by atoms with van der Waals surface area (Å²) in [5, 5.41) is 0.559. The first-order chi connectivity index (χ1) is 17.3. The Morgan fingerprint density at radius 3 is 2.58 bits per heavy atom. The van der Waals surface area contributed by atoms with Crippen LogP contribution in [0.4, 0.5) is 5.13 Å². The second-order valence-corrected chi connectivity index (χ2v) is 12.7. The molecule has 0 saturated carbocycles. The molecule has 10 heteroatoms. The van der Waals surface area contributed by atoms with Gasteiger partial charge in [0.1, 0.15) is 5.76 Å². The van der Waals surface area contributed by atoms with Gasteiger partial charge >= 0.3 is 0 Å². The van der Waals surface area contributed by atoms with Gasteiger partial charge in [0.15, 0.2) is 5.13 Å². The summed E-state index contributed by atoms with van der Waals surface area (Å²) >= 11 is 3.10. The third kappa shape index (κ3) is 5.08. The summed E-state index contributed by atoms with van der Waals surface area (Å²) in [6.45, 7) is 3.41. The van der Waals surface area contributed by atoms with E-state index in [0.29, 0.717) is 35.5 Å². The summed E-state index contributed by atoms with van der Waals surface area (Å²) in [6, 6.07) is 15.8. The van der Waals surface area contributed by atoms with E-state index in [9.17, 15) is 13.2 Å². The number of furan rings is 1. The van der Waals surface area contributed by atoms with E-state index in [2.05, 4.69) is 13.0 Å². The van der Waals surface area contributed by atoms with Gasteiger partial charge in [0.2, 0.25) is 10.0 Å². The van der Waals surface area contributed by atoms with Crippen LogP contribution in [-0.2, 0) is 16.6 Å². The maximum Gasteiger partial charge on any atom is 0.260 e. The lowest BCUT2D eigenvalue weighted by Crippen LogP contribution is -2.37. The van der Waals surface area contributed by atoms with Gasteiger partial charge in [0, 0.05) is 23.5 Å². The Hall–Kier alpha value is -2.66. The number of rotatable bonds is 7. The second-order valence-electron chi connectivity index (χ2n) is 8.91. The number of benzene rings is 2. The predicted molar refractivity (Wildman–Crippen MR) is 144 cm³/mol.